The Labute approximate surface area is 156 Å². The summed E-state index contributed by atoms with van der Waals surface area (Å²) in [6, 6.07) is 5.89. The molecule has 1 aliphatic heterocycles. The zero-order valence-electron chi connectivity index (χ0n) is 14.3. The lowest BCUT2D eigenvalue weighted by Gasteiger charge is -2.36. The monoisotopic (exact) mass is 374 g/mol. The van der Waals surface area contributed by atoms with Crippen LogP contribution in [0.2, 0.25) is 5.02 Å². The quantitative estimate of drug-likeness (QED) is 0.794. The van der Waals surface area contributed by atoms with Gasteiger partial charge in [0.15, 0.2) is 0 Å². The summed E-state index contributed by atoms with van der Waals surface area (Å²) < 4.78 is 0. The van der Waals surface area contributed by atoms with Gasteiger partial charge < -0.3 is 10.6 Å². The second kappa shape index (κ2) is 6.96. The molecule has 2 fully saturated rings. The molecule has 0 bridgehead atoms. The third-order valence-electron chi connectivity index (χ3n) is 5.18. The minimum absolute atomic E-state index is 0.0267. The summed E-state index contributed by atoms with van der Waals surface area (Å²) in [5, 5.41) is 14.8. The first-order valence-corrected chi connectivity index (χ1v) is 8.89. The molecule has 0 aromatic heterocycles. The van der Waals surface area contributed by atoms with Gasteiger partial charge in [0.2, 0.25) is 5.91 Å². The Hall–Kier alpha value is -2.59. The lowest BCUT2D eigenvalue weighted by Crippen LogP contribution is -2.54. The van der Waals surface area contributed by atoms with Crippen LogP contribution in [-0.4, -0.2) is 34.8 Å². The zero-order chi connectivity index (χ0) is 18.9. The first-order valence-electron chi connectivity index (χ1n) is 8.51. The number of nitrogens with zero attached hydrogens (tertiary/aromatic N) is 2. The number of halogens is 1. The number of hydrogen-bond donors (Lipinski definition) is 2. The highest BCUT2D eigenvalue weighted by atomic mass is 35.5. The number of carbonyl (C=O) groups excluding carboxylic acids is 3. The van der Waals surface area contributed by atoms with Crippen LogP contribution >= 0.6 is 11.6 Å². The fraction of sp³-hybridized carbons (Fsp3) is 0.444. The van der Waals surface area contributed by atoms with Gasteiger partial charge in [0.1, 0.15) is 18.2 Å². The van der Waals surface area contributed by atoms with Crippen LogP contribution in [-0.2, 0) is 9.59 Å². The molecule has 136 valence electrons. The van der Waals surface area contributed by atoms with Gasteiger partial charge in [-0.25, -0.2) is 4.79 Å². The molecule has 0 radical (unpaired) electrons. The molecule has 1 aromatic carbocycles. The van der Waals surface area contributed by atoms with Gasteiger partial charge in [-0.1, -0.05) is 31.4 Å². The number of carbonyl (C=O) groups is 3. The molecule has 4 amide bonds. The summed E-state index contributed by atoms with van der Waals surface area (Å²) in [7, 11) is 0. The van der Waals surface area contributed by atoms with Crippen LogP contribution in [0.4, 0.5) is 10.5 Å². The number of hydrogen-bond acceptors (Lipinski definition) is 4. The van der Waals surface area contributed by atoms with Gasteiger partial charge in [-0.2, -0.15) is 5.26 Å². The lowest BCUT2D eigenvalue weighted by molar-refractivity contribution is -0.136. The summed E-state index contributed by atoms with van der Waals surface area (Å²) in [4.78, 5) is 38.5. The van der Waals surface area contributed by atoms with E-state index in [1.54, 1.807) is 6.07 Å². The van der Waals surface area contributed by atoms with Crippen molar-refractivity contribution in [1.82, 2.24) is 10.2 Å². The third kappa shape index (κ3) is 3.13. The maximum Gasteiger partial charge on any atom is 0.325 e. The first kappa shape index (κ1) is 18.2. The topological polar surface area (TPSA) is 102 Å². The molecule has 1 saturated heterocycles. The van der Waals surface area contributed by atoms with Crippen LogP contribution in [0.25, 0.3) is 0 Å². The molecule has 1 aliphatic carbocycles. The van der Waals surface area contributed by atoms with Gasteiger partial charge in [-0.15, -0.1) is 0 Å². The highest BCUT2D eigenvalue weighted by Crippen LogP contribution is 2.38. The van der Waals surface area contributed by atoms with Crippen molar-refractivity contribution in [2.75, 3.05) is 11.9 Å². The zero-order valence-corrected chi connectivity index (χ0v) is 15.1. The fourth-order valence-electron chi connectivity index (χ4n) is 3.69. The Morgan fingerprint density at radius 3 is 2.92 bits per heavy atom. The van der Waals surface area contributed by atoms with E-state index in [1.807, 2.05) is 13.0 Å². The average molecular weight is 375 g/mol. The van der Waals surface area contributed by atoms with Crippen LogP contribution < -0.4 is 10.6 Å². The molecule has 1 heterocycles. The molecule has 0 unspecified atom stereocenters. The number of rotatable bonds is 3. The van der Waals surface area contributed by atoms with Gasteiger partial charge in [0, 0.05) is 5.02 Å². The predicted octanol–water partition coefficient (Wildman–Crippen LogP) is 2.65. The van der Waals surface area contributed by atoms with E-state index >= 15 is 0 Å². The van der Waals surface area contributed by atoms with Crippen molar-refractivity contribution in [3.8, 4) is 6.07 Å². The number of amides is 4. The summed E-state index contributed by atoms with van der Waals surface area (Å²) in [6.45, 7) is 1.54. The summed E-state index contributed by atoms with van der Waals surface area (Å²) in [6.07, 6.45) is 3.34. The van der Waals surface area contributed by atoms with Crippen molar-refractivity contribution in [3.05, 3.63) is 28.8 Å². The molecule has 2 atom stereocenters. The van der Waals surface area contributed by atoms with Crippen molar-refractivity contribution < 1.29 is 14.4 Å². The molecule has 2 aliphatic rings. The number of urea groups is 1. The largest absolute Gasteiger partial charge is 0.325 e. The molecule has 26 heavy (non-hydrogen) atoms. The Morgan fingerprint density at radius 1 is 1.46 bits per heavy atom. The van der Waals surface area contributed by atoms with Crippen LogP contribution in [0, 0.1) is 17.2 Å². The van der Waals surface area contributed by atoms with Crippen molar-refractivity contribution in [2.24, 2.45) is 5.92 Å². The van der Waals surface area contributed by atoms with E-state index in [-0.39, 0.29) is 23.1 Å². The van der Waals surface area contributed by atoms with Crippen molar-refractivity contribution >= 4 is 35.1 Å². The number of nitrogens with one attached hydrogen (secondary N) is 2. The van der Waals surface area contributed by atoms with Gasteiger partial charge in [0.25, 0.3) is 5.91 Å². The molecule has 1 aromatic rings. The summed E-state index contributed by atoms with van der Waals surface area (Å²) in [5.74, 6) is -0.886. The van der Waals surface area contributed by atoms with Gasteiger partial charge in [0.05, 0.1) is 11.3 Å². The van der Waals surface area contributed by atoms with Crippen LogP contribution in [0.15, 0.2) is 18.2 Å². The minimum Gasteiger partial charge on any atom is -0.323 e. The van der Waals surface area contributed by atoms with E-state index in [0.717, 1.165) is 24.2 Å². The maximum absolute atomic E-state index is 12.9. The van der Waals surface area contributed by atoms with Gasteiger partial charge in [-0.05, 0) is 37.0 Å². The molecule has 8 heteroatoms. The van der Waals surface area contributed by atoms with Crippen molar-refractivity contribution in [1.29, 1.82) is 5.26 Å². The summed E-state index contributed by atoms with van der Waals surface area (Å²) in [5.41, 5.74) is -0.404. The second-order valence-corrected chi connectivity index (χ2v) is 7.23. The number of imide groups is 1. The van der Waals surface area contributed by atoms with E-state index in [2.05, 4.69) is 10.6 Å². The molecule has 1 spiro atoms. The highest BCUT2D eigenvalue weighted by Gasteiger charge is 2.55. The SMILES string of the molecule is C[C@@H]1CCCC[C@@]12NC(=O)N(CC(=O)Nc1cc(Cl)ccc1C#N)C2=O. The van der Waals surface area contributed by atoms with Gasteiger partial charge >= 0.3 is 6.03 Å². The Bertz CT molecular complexity index is 819. The molecular formula is C18H19ClN4O3. The van der Waals surface area contributed by atoms with E-state index < -0.39 is 24.0 Å². The predicted molar refractivity (Wildman–Crippen MR) is 95.4 cm³/mol. The van der Waals surface area contributed by atoms with E-state index in [4.69, 9.17) is 16.9 Å². The molecule has 1 saturated carbocycles. The third-order valence-corrected chi connectivity index (χ3v) is 5.41. The smallest absolute Gasteiger partial charge is 0.323 e. The Morgan fingerprint density at radius 2 is 2.23 bits per heavy atom. The van der Waals surface area contributed by atoms with Crippen LogP contribution in [0.3, 0.4) is 0 Å². The Kier molecular flexibility index (Phi) is 4.88. The number of anilines is 1. The number of nitriles is 1. The first-order chi connectivity index (χ1) is 12.4. The van der Waals surface area contributed by atoms with Gasteiger partial charge in [-0.3, -0.25) is 14.5 Å². The standard InChI is InChI=1S/C18H19ClN4O3/c1-11-4-2-3-7-18(11)16(25)23(17(26)22-18)10-15(24)21-14-8-13(19)6-5-12(14)9-20/h5-6,8,11H,2-4,7,10H2,1H3,(H,21,24)(H,22,26)/t11-,18-/m1/s1. The van der Waals surface area contributed by atoms with Crippen LogP contribution in [0.5, 0.6) is 0 Å². The van der Waals surface area contributed by atoms with Crippen LogP contribution in [0.1, 0.15) is 38.2 Å². The second-order valence-electron chi connectivity index (χ2n) is 6.79. The molecule has 7 nitrogen and oxygen atoms in total. The normalized spacial score (nSPS) is 25.1. The van der Waals surface area contributed by atoms with E-state index in [0.29, 0.717) is 11.4 Å². The Balaban J connectivity index is 1.74. The highest BCUT2D eigenvalue weighted by molar-refractivity contribution is 6.31. The average Bonchev–Trinajstić information content (AvgIpc) is 2.83. The molecule has 2 N–H and O–H groups in total. The summed E-state index contributed by atoms with van der Waals surface area (Å²) >= 11 is 5.90. The molecular weight excluding hydrogens is 356 g/mol. The fourth-order valence-corrected chi connectivity index (χ4v) is 3.86. The van der Waals surface area contributed by atoms with Crippen molar-refractivity contribution in [3.63, 3.8) is 0 Å². The van der Waals surface area contributed by atoms with Crippen molar-refractivity contribution in [2.45, 2.75) is 38.1 Å². The molecule has 3 rings (SSSR count). The maximum atomic E-state index is 12.9. The van der Waals surface area contributed by atoms with E-state index in [1.165, 1.54) is 12.1 Å². The number of benzene rings is 1. The van der Waals surface area contributed by atoms with E-state index in [9.17, 15) is 14.4 Å². The lowest BCUT2D eigenvalue weighted by atomic mass is 9.73. The minimum atomic E-state index is -0.899.